The third kappa shape index (κ3) is 4.52. The van der Waals surface area contributed by atoms with E-state index in [1.165, 1.54) is 16.7 Å². The molecule has 0 amide bonds. The maximum Gasteiger partial charge on any atom is 0.253 e. The van der Waals surface area contributed by atoms with E-state index in [1.807, 2.05) is 6.07 Å². The Morgan fingerprint density at radius 3 is 2.38 bits per heavy atom. The van der Waals surface area contributed by atoms with Gasteiger partial charge in [-0.15, -0.1) is 0 Å². The average Bonchev–Trinajstić information content (AvgIpc) is 3.09. The summed E-state index contributed by atoms with van der Waals surface area (Å²) in [5.41, 5.74) is 3.86. The fourth-order valence-corrected chi connectivity index (χ4v) is 4.98. The van der Waals surface area contributed by atoms with Gasteiger partial charge in [0.05, 0.1) is 23.3 Å². The van der Waals surface area contributed by atoms with Gasteiger partial charge in [-0.25, -0.2) is 22.2 Å². The number of sulfone groups is 1. The molecule has 4 aromatic rings. The molecule has 178 valence electrons. The van der Waals surface area contributed by atoms with E-state index in [1.54, 1.807) is 50.7 Å². The second kappa shape index (κ2) is 8.79. The van der Waals surface area contributed by atoms with E-state index in [0.29, 0.717) is 33.5 Å². The first-order valence-electron chi connectivity index (χ1n) is 10.8. The highest BCUT2D eigenvalue weighted by Gasteiger charge is 2.19. The second-order valence-electron chi connectivity index (χ2n) is 8.49. The van der Waals surface area contributed by atoms with E-state index < -0.39 is 21.5 Å². The van der Waals surface area contributed by atoms with Gasteiger partial charge in [0, 0.05) is 36.2 Å². The highest BCUT2D eigenvalue weighted by Crippen LogP contribution is 2.30. The molecule has 2 aromatic carbocycles. The van der Waals surface area contributed by atoms with Crippen LogP contribution >= 0.6 is 0 Å². The van der Waals surface area contributed by atoms with Crippen molar-refractivity contribution in [1.82, 2.24) is 14.1 Å². The molecule has 0 unspecified atom stereocenters. The number of hydrogen-bond donors (Lipinski definition) is 0. The number of halogens is 2. The van der Waals surface area contributed by atoms with Crippen molar-refractivity contribution in [3.05, 3.63) is 87.1 Å². The fraction of sp³-hybridized carbons (Fsp3) is 0.280. The van der Waals surface area contributed by atoms with Gasteiger partial charge in [0.2, 0.25) is 0 Å². The summed E-state index contributed by atoms with van der Waals surface area (Å²) in [4.78, 5) is 16.8. The lowest BCUT2D eigenvalue weighted by molar-refractivity contribution is 0.566. The van der Waals surface area contributed by atoms with E-state index >= 15 is 0 Å². The van der Waals surface area contributed by atoms with Crippen LogP contribution in [0, 0.1) is 25.5 Å². The minimum absolute atomic E-state index is 0.0157. The standard InChI is InChI=1S/C25H25F2N3O3S/c1-5-34(32,33)14-20-9-18(19-8-15(2)25(31)29(4)12-19)10-23-24(20)28-16(3)30(23)13-17-6-7-21(26)11-22(17)27/h6-12H,5,13-14H2,1-4H3. The Bertz CT molecular complexity index is 1560. The topological polar surface area (TPSA) is 74.0 Å². The SMILES string of the molecule is CCS(=O)(=O)Cc1cc(-c2cc(C)c(=O)n(C)c2)cc2c1nc(C)n2Cc1ccc(F)cc1F. The van der Waals surface area contributed by atoms with E-state index in [-0.39, 0.29) is 29.2 Å². The molecule has 0 aliphatic heterocycles. The zero-order valence-corrected chi connectivity index (χ0v) is 20.2. The van der Waals surface area contributed by atoms with Gasteiger partial charge < -0.3 is 9.13 Å². The maximum atomic E-state index is 14.4. The summed E-state index contributed by atoms with van der Waals surface area (Å²) in [5, 5.41) is 0. The first-order valence-corrected chi connectivity index (χ1v) is 12.6. The molecule has 0 atom stereocenters. The minimum Gasteiger partial charge on any atom is -0.324 e. The maximum absolute atomic E-state index is 14.4. The Labute approximate surface area is 196 Å². The van der Waals surface area contributed by atoms with Crippen LogP contribution in [0.25, 0.3) is 22.2 Å². The van der Waals surface area contributed by atoms with Crippen molar-refractivity contribution in [2.45, 2.75) is 33.1 Å². The number of pyridine rings is 1. The van der Waals surface area contributed by atoms with Gasteiger partial charge in [-0.1, -0.05) is 13.0 Å². The molecular weight excluding hydrogens is 460 g/mol. The Balaban J connectivity index is 1.97. The van der Waals surface area contributed by atoms with Crippen LogP contribution in [0.1, 0.15) is 29.4 Å². The third-order valence-electron chi connectivity index (χ3n) is 5.98. The van der Waals surface area contributed by atoms with E-state index in [4.69, 9.17) is 0 Å². The van der Waals surface area contributed by atoms with Crippen molar-refractivity contribution >= 4 is 20.9 Å². The Kier molecular flexibility index (Phi) is 6.16. The number of aromatic nitrogens is 3. The summed E-state index contributed by atoms with van der Waals surface area (Å²) >= 11 is 0. The molecule has 6 nitrogen and oxygen atoms in total. The quantitative estimate of drug-likeness (QED) is 0.409. The molecule has 9 heteroatoms. The molecule has 2 aromatic heterocycles. The van der Waals surface area contributed by atoms with Crippen molar-refractivity contribution in [1.29, 1.82) is 0 Å². The Morgan fingerprint density at radius 1 is 1.00 bits per heavy atom. The molecule has 34 heavy (non-hydrogen) atoms. The van der Waals surface area contributed by atoms with Gasteiger partial charge in [0.1, 0.15) is 17.5 Å². The molecule has 0 aliphatic rings. The molecular formula is C25H25F2N3O3S. The Morgan fingerprint density at radius 2 is 1.74 bits per heavy atom. The molecule has 0 N–H and O–H groups in total. The van der Waals surface area contributed by atoms with Crippen molar-refractivity contribution in [2.75, 3.05) is 5.75 Å². The van der Waals surface area contributed by atoms with Crippen LogP contribution < -0.4 is 5.56 Å². The summed E-state index contributed by atoms with van der Waals surface area (Å²) in [6.45, 7) is 5.17. The van der Waals surface area contributed by atoms with Gasteiger partial charge in [-0.05, 0) is 54.8 Å². The second-order valence-corrected chi connectivity index (χ2v) is 10.8. The third-order valence-corrected chi connectivity index (χ3v) is 7.61. The van der Waals surface area contributed by atoms with Crippen LogP contribution in [0.15, 0.2) is 47.4 Å². The van der Waals surface area contributed by atoms with Gasteiger partial charge in [-0.3, -0.25) is 4.79 Å². The lowest BCUT2D eigenvalue weighted by Gasteiger charge is -2.12. The van der Waals surface area contributed by atoms with Crippen LogP contribution in [0.3, 0.4) is 0 Å². The molecule has 4 rings (SSSR count). The van der Waals surface area contributed by atoms with E-state index in [9.17, 15) is 22.0 Å². The summed E-state index contributed by atoms with van der Waals surface area (Å²) in [5.74, 6) is -0.964. The first-order chi connectivity index (χ1) is 16.0. The summed E-state index contributed by atoms with van der Waals surface area (Å²) in [6, 6.07) is 8.82. The monoisotopic (exact) mass is 485 g/mol. The first kappa shape index (κ1) is 23.8. The molecule has 0 aliphatic carbocycles. The van der Waals surface area contributed by atoms with Crippen molar-refractivity contribution in [3.63, 3.8) is 0 Å². The van der Waals surface area contributed by atoms with Gasteiger partial charge in [0.25, 0.3) is 5.56 Å². The Hall–Kier alpha value is -3.33. The lowest BCUT2D eigenvalue weighted by atomic mass is 10.0. The molecule has 0 radical (unpaired) electrons. The minimum atomic E-state index is -3.37. The number of imidazole rings is 1. The molecule has 0 fully saturated rings. The summed E-state index contributed by atoms with van der Waals surface area (Å²) in [6.07, 6.45) is 1.70. The number of fused-ring (bicyclic) bond motifs is 1. The summed E-state index contributed by atoms with van der Waals surface area (Å²) in [7, 11) is -1.71. The molecule has 0 saturated heterocycles. The lowest BCUT2D eigenvalue weighted by Crippen LogP contribution is -2.18. The number of hydrogen-bond acceptors (Lipinski definition) is 4. The average molecular weight is 486 g/mol. The molecule has 0 saturated carbocycles. The van der Waals surface area contributed by atoms with Gasteiger partial charge in [-0.2, -0.15) is 0 Å². The van der Waals surface area contributed by atoms with Crippen molar-refractivity contribution < 1.29 is 17.2 Å². The molecule has 0 spiro atoms. The number of rotatable bonds is 6. The fourth-order valence-electron chi connectivity index (χ4n) is 4.08. The zero-order chi connectivity index (χ0) is 24.8. The largest absolute Gasteiger partial charge is 0.324 e. The number of benzene rings is 2. The van der Waals surface area contributed by atoms with Crippen LogP contribution in [-0.4, -0.2) is 28.3 Å². The molecule has 2 heterocycles. The predicted molar refractivity (Wildman–Crippen MR) is 129 cm³/mol. The van der Waals surface area contributed by atoms with Crippen molar-refractivity contribution in [2.24, 2.45) is 7.05 Å². The van der Waals surface area contributed by atoms with E-state index in [0.717, 1.165) is 11.6 Å². The molecule has 0 bridgehead atoms. The van der Waals surface area contributed by atoms with E-state index in [2.05, 4.69) is 4.98 Å². The predicted octanol–water partition coefficient (Wildman–Crippen LogP) is 4.28. The number of aryl methyl sites for hydroxylation is 3. The van der Waals surface area contributed by atoms with Crippen LogP contribution in [0.2, 0.25) is 0 Å². The van der Waals surface area contributed by atoms with Crippen LogP contribution in [-0.2, 0) is 29.2 Å². The summed E-state index contributed by atoms with van der Waals surface area (Å²) < 4.78 is 56.1. The van der Waals surface area contributed by atoms with Crippen molar-refractivity contribution in [3.8, 4) is 11.1 Å². The van der Waals surface area contributed by atoms with Gasteiger partial charge >= 0.3 is 0 Å². The van der Waals surface area contributed by atoms with Crippen LogP contribution in [0.4, 0.5) is 8.78 Å². The highest BCUT2D eigenvalue weighted by atomic mass is 32.2. The highest BCUT2D eigenvalue weighted by molar-refractivity contribution is 7.90. The number of nitrogens with zero attached hydrogens (tertiary/aromatic N) is 3. The van der Waals surface area contributed by atoms with Gasteiger partial charge in [0.15, 0.2) is 9.84 Å². The smallest absolute Gasteiger partial charge is 0.253 e. The zero-order valence-electron chi connectivity index (χ0n) is 19.4. The van der Waals surface area contributed by atoms with Crippen LogP contribution in [0.5, 0.6) is 0 Å². The normalized spacial score (nSPS) is 11.9.